The molecule has 2 N–H and O–H groups in total. The summed E-state index contributed by atoms with van der Waals surface area (Å²) in [6.07, 6.45) is 0. The van der Waals surface area contributed by atoms with Gasteiger partial charge in [0, 0.05) is 0 Å². The Bertz CT molecular complexity index is 499. The maximum Gasteiger partial charge on any atom is 0.294 e. The summed E-state index contributed by atoms with van der Waals surface area (Å²) in [7, 11) is -8.92. The van der Waals surface area contributed by atoms with E-state index in [0.717, 1.165) is 18.2 Å². The zero-order valence-corrected chi connectivity index (χ0v) is 8.29. The quantitative estimate of drug-likeness (QED) is 0.526. The van der Waals surface area contributed by atoms with Gasteiger partial charge in [-0.25, -0.2) is 0 Å². The molecule has 9 heteroatoms. The van der Waals surface area contributed by atoms with E-state index in [0.29, 0.717) is 6.07 Å². The van der Waals surface area contributed by atoms with Gasteiger partial charge in [-0.05, 0) is 18.2 Å². The first-order valence-corrected chi connectivity index (χ1v) is 6.14. The minimum Gasteiger partial charge on any atom is -0.282 e. The van der Waals surface area contributed by atoms with E-state index < -0.39 is 30.0 Å². The number of benzene rings is 1. The second kappa shape index (κ2) is 4.61. The molecule has 0 saturated carbocycles. The van der Waals surface area contributed by atoms with Crippen molar-refractivity contribution in [2.45, 2.75) is 9.79 Å². The van der Waals surface area contributed by atoms with Crippen molar-refractivity contribution in [3.63, 3.8) is 0 Å². The van der Waals surface area contributed by atoms with Gasteiger partial charge in [-0.15, -0.1) is 0 Å². The summed E-state index contributed by atoms with van der Waals surface area (Å²) in [6.45, 7) is 0. The predicted molar refractivity (Wildman–Crippen MR) is 56.0 cm³/mol. The third kappa shape index (κ3) is 3.91. The van der Waals surface area contributed by atoms with Crippen LogP contribution in [-0.4, -0.2) is 43.3 Å². The van der Waals surface area contributed by atoms with Crippen LogP contribution in [0.2, 0.25) is 0 Å². The van der Waals surface area contributed by atoms with E-state index in [-0.39, 0.29) is 17.4 Å². The molecular weight excluding hydrogens is 259 g/mol. The molecule has 1 rings (SSSR count). The van der Waals surface area contributed by atoms with Crippen LogP contribution >= 0.6 is 0 Å². The van der Waals surface area contributed by atoms with Gasteiger partial charge in [0.05, 0.1) is 9.79 Å². The molecule has 6 nitrogen and oxygen atoms in total. The number of hydrogen-bond donors (Lipinski definition) is 2. The minimum atomic E-state index is -4.46. The Balaban J connectivity index is 0.00000196. The molecule has 0 aliphatic carbocycles. The molecule has 0 amide bonds. The molecular formula is C6H9AlO6S2. The fraction of sp³-hybridized carbons (Fsp3) is 0. The fourth-order valence-corrected chi connectivity index (χ4v) is 1.92. The maximum atomic E-state index is 10.6. The van der Waals surface area contributed by atoms with Crippen LogP contribution in [0, 0.1) is 0 Å². The van der Waals surface area contributed by atoms with Crippen molar-refractivity contribution < 1.29 is 25.9 Å². The molecule has 0 bridgehead atoms. The molecule has 0 aliphatic rings. The van der Waals surface area contributed by atoms with Crippen LogP contribution in [0.25, 0.3) is 0 Å². The van der Waals surface area contributed by atoms with Gasteiger partial charge < -0.3 is 0 Å². The van der Waals surface area contributed by atoms with Gasteiger partial charge in [-0.3, -0.25) is 9.11 Å². The van der Waals surface area contributed by atoms with Crippen LogP contribution in [0.3, 0.4) is 0 Å². The highest BCUT2D eigenvalue weighted by Crippen LogP contribution is 2.14. The highest BCUT2D eigenvalue weighted by atomic mass is 32.2. The molecule has 0 fully saturated rings. The highest BCUT2D eigenvalue weighted by molar-refractivity contribution is 7.86. The molecule has 0 heterocycles. The third-order valence-corrected chi connectivity index (χ3v) is 3.10. The minimum absolute atomic E-state index is 0. The lowest BCUT2D eigenvalue weighted by Gasteiger charge is -1.99. The summed E-state index contributed by atoms with van der Waals surface area (Å²) in [5.74, 6) is 0. The first-order valence-electron chi connectivity index (χ1n) is 3.26. The maximum absolute atomic E-state index is 10.6. The van der Waals surface area contributed by atoms with Crippen LogP contribution in [0.15, 0.2) is 34.1 Å². The highest BCUT2D eigenvalue weighted by Gasteiger charge is 2.15. The van der Waals surface area contributed by atoms with E-state index >= 15 is 0 Å². The monoisotopic (exact) mass is 268 g/mol. The standard InChI is InChI=1S/C6H6O6S2.Al.3H/c7-13(8,9)5-2-1-3-6(4-5)14(10,11)12;;;;/h1-4H,(H,7,8,9)(H,10,11,12);;;;. The molecule has 1 aromatic carbocycles. The second-order valence-corrected chi connectivity index (χ2v) is 5.27. The Morgan fingerprint density at radius 1 is 0.867 bits per heavy atom. The molecule has 0 unspecified atom stereocenters. The van der Waals surface area contributed by atoms with Crippen molar-refractivity contribution in [3.05, 3.63) is 24.3 Å². The molecule has 84 valence electrons. The van der Waals surface area contributed by atoms with Crippen LogP contribution in [0.1, 0.15) is 0 Å². The second-order valence-electron chi connectivity index (χ2n) is 2.42. The summed E-state index contributed by atoms with van der Waals surface area (Å²) >= 11 is 0. The molecule has 15 heavy (non-hydrogen) atoms. The SMILES string of the molecule is O=S(=O)(O)c1cccc(S(=O)(=O)O)c1.[AlH3]. The van der Waals surface area contributed by atoms with Crippen molar-refractivity contribution in [2.75, 3.05) is 0 Å². The Morgan fingerprint density at radius 2 is 1.20 bits per heavy atom. The van der Waals surface area contributed by atoms with Gasteiger partial charge in [-0.2, -0.15) is 16.8 Å². The van der Waals surface area contributed by atoms with E-state index in [9.17, 15) is 16.8 Å². The molecule has 0 atom stereocenters. The Morgan fingerprint density at radius 3 is 1.47 bits per heavy atom. The molecule has 0 aromatic heterocycles. The van der Waals surface area contributed by atoms with Crippen molar-refractivity contribution in [3.8, 4) is 0 Å². The first kappa shape index (κ1) is 14.6. The normalized spacial score (nSPS) is 11.9. The number of rotatable bonds is 2. The van der Waals surface area contributed by atoms with E-state index in [1.165, 1.54) is 0 Å². The van der Waals surface area contributed by atoms with Crippen LogP contribution in [0.4, 0.5) is 0 Å². The Kier molecular flexibility index (Phi) is 4.48. The smallest absolute Gasteiger partial charge is 0.282 e. The van der Waals surface area contributed by atoms with Crippen LogP contribution in [0.5, 0.6) is 0 Å². The van der Waals surface area contributed by atoms with Gasteiger partial charge >= 0.3 is 0 Å². The average molecular weight is 268 g/mol. The Hall–Kier alpha value is -0.428. The molecule has 0 saturated heterocycles. The lowest BCUT2D eigenvalue weighted by Crippen LogP contribution is -2.02. The van der Waals surface area contributed by atoms with E-state index in [1.807, 2.05) is 0 Å². The zero-order valence-electron chi connectivity index (χ0n) is 6.65. The topological polar surface area (TPSA) is 109 Å². The lowest BCUT2D eigenvalue weighted by atomic mass is 10.4. The van der Waals surface area contributed by atoms with Crippen molar-refractivity contribution in [2.24, 2.45) is 0 Å². The van der Waals surface area contributed by atoms with Gasteiger partial charge in [0.25, 0.3) is 20.2 Å². The number of hydrogen-bond acceptors (Lipinski definition) is 4. The van der Waals surface area contributed by atoms with Gasteiger partial charge in [0.15, 0.2) is 17.4 Å². The van der Waals surface area contributed by atoms with Gasteiger partial charge in [0.2, 0.25) is 0 Å². The molecule has 1 aromatic rings. The molecule has 0 aliphatic heterocycles. The van der Waals surface area contributed by atoms with Gasteiger partial charge in [-0.1, -0.05) is 6.07 Å². The van der Waals surface area contributed by atoms with Gasteiger partial charge in [0.1, 0.15) is 0 Å². The summed E-state index contributed by atoms with van der Waals surface area (Å²) in [4.78, 5) is -1.18. The first-order chi connectivity index (χ1) is 6.21. The van der Waals surface area contributed by atoms with Crippen molar-refractivity contribution in [1.29, 1.82) is 0 Å². The molecule has 0 spiro atoms. The van der Waals surface area contributed by atoms with E-state index in [4.69, 9.17) is 9.11 Å². The molecule has 0 radical (unpaired) electrons. The zero-order chi connectivity index (χ0) is 11.0. The Labute approximate surface area is 97.6 Å². The predicted octanol–water partition coefficient (Wildman–Crippen LogP) is -1.00. The summed E-state index contributed by atoms with van der Waals surface area (Å²) < 4.78 is 59.5. The van der Waals surface area contributed by atoms with E-state index in [2.05, 4.69) is 0 Å². The average Bonchev–Trinajstić information content (AvgIpc) is 2.01. The summed E-state index contributed by atoms with van der Waals surface area (Å²) in [6, 6.07) is 3.75. The van der Waals surface area contributed by atoms with Crippen LogP contribution in [-0.2, 0) is 20.2 Å². The third-order valence-electron chi connectivity index (χ3n) is 1.40. The van der Waals surface area contributed by atoms with Crippen molar-refractivity contribution in [1.82, 2.24) is 0 Å². The summed E-state index contributed by atoms with van der Waals surface area (Å²) in [5, 5.41) is 0. The van der Waals surface area contributed by atoms with E-state index in [1.54, 1.807) is 0 Å². The summed E-state index contributed by atoms with van der Waals surface area (Å²) in [5.41, 5.74) is 0. The lowest BCUT2D eigenvalue weighted by molar-refractivity contribution is 0.481. The fourth-order valence-electron chi connectivity index (χ4n) is 0.795. The van der Waals surface area contributed by atoms with Crippen molar-refractivity contribution >= 4 is 37.6 Å². The largest absolute Gasteiger partial charge is 0.294 e. The van der Waals surface area contributed by atoms with Crippen LogP contribution < -0.4 is 0 Å².